The van der Waals surface area contributed by atoms with Crippen LogP contribution in [0.15, 0.2) is 24.3 Å². The van der Waals surface area contributed by atoms with E-state index in [4.69, 9.17) is 4.74 Å². The lowest BCUT2D eigenvalue weighted by Crippen LogP contribution is -2.42. The van der Waals surface area contributed by atoms with Gasteiger partial charge in [-0.3, -0.25) is 4.79 Å². The van der Waals surface area contributed by atoms with Gasteiger partial charge in [0.25, 0.3) is 0 Å². The van der Waals surface area contributed by atoms with Crippen molar-refractivity contribution in [2.24, 2.45) is 17.8 Å². The molecule has 1 aromatic carbocycles. The predicted octanol–water partition coefficient (Wildman–Crippen LogP) is 1.63. The molecule has 0 bridgehead atoms. The maximum Gasteiger partial charge on any atom is 0.225 e. The number of aliphatic hydroxyl groups is 1. The zero-order valence-electron chi connectivity index (χ0n) is 15.7. The molecule has 1 N–H and O–H groups in total. The van der Waals surface area contributed by atoms with Gasteiger partial charge in [-0.1, -0.05) is 0 Å². The zero-order chi connectivity index (χ0) is 19.9. The summed E-state index contributed by atoms with van der Waals surface area (Å²) in [4.78, 5) is 14.7. The van der Waals surface area contributed by atoms with E-state index >= 15 is 0 Å². The molecule has 8 heteroatoms. The summed E-state index contributed by atoms with van der Waals surface area (Å²) in [6.45, 7) is 1.25. The molecule has 2 aliphatic heterocycles. The van der Waals surface area contributed by atoms with Crippen molar-refractivity contribution >= 4 is 15.7 Å². The summed E-state index contributed by atoms with van der Waals surface area (Å²) in [6.07, 6.45) is 1.03. The zero-order valence-corrected chi connectivity index (χ0v) is 16.5. The number of hydrogen-bond acceptors (Lipinski definition) is 5. The molecular weight excluding hydrogens is 385 g/mol. The lowest BCUT2D eigenvalue weighted by molar-refractivity contribution is -0.135. The number of benzene rings is 1. The second-order valence-electron chi connectivity index (χ2n) is 8.34. The molecule has 1 amide bonds. The van der Waals surface area contributed by atoms with Crippen LogP contribution in [0.25, 0.3) is 0 Å². The number of nitrogens with zero attached hydrogens (tertiary/aromatic N) is 1. The summed E-state index contributed by atoms with van der Waals surface area (Å²) in [5.74, 6) is 0.710. The molecule has 0 radical (unpaired) electrons. The molecule has 1 saturated carbocycles. The second kappa shape index (κ2) is 7.63. The van der Waals surface area contributed by atoms with Gasteiger partial charge in [0.1, 0.15) is 27.5 Å². The van der Waals surface area contributed by atoms with Gasteiger partial charge in [0.05, 0.1) is 17.6 Å². The van der Waals surface area contributed by atoms with Gasteiger partial charge in [0, 0.05) is 19.0 Å². The molecule has 0 aromatic heterocycles. The number of aliphatic hydroxyl groups excluding tert-OH is 1. The normalized spacial score (nSPS) is 32.7. The molecule has 154 valence electrons. The minimum absolute atomic E-state index is 0.0507. The first-order chi connectivity index (χ1) is 13.3. The molecule has 0 unspecified atom stereocenters. The van der Waals surface area contributed by atoms with Crippen molar-refractivity contribution < 1.29 is 27.4 Å². The minimum Gasteiger partial charge on any atom is -0.488 e. The molecule has 1 aromatic rings. The maximum atomic E-state index is 13.1. The fourth-order valence-corrected chi connectivity index (χ4v) is 6.27. The topological polar surface area (TPSA) is 83.9 Å². The van der Waals surface area contributed by atoms with Gasteiger partial charge < -0.3 is 14.7 Å². The number of carbonyl (C=O) groups is 1. The third kappa shape index (κ3) is 4.17. The molecule has 6 nitrogen and oxygen atoms in total. The van der Waals surface area contributed by atoms with E-state index in [2.05, 4.69) is 0 Å². The Balaban J connectivity index is 1.36. The third-order valence-electron chi connectivity index (χ3n) is 6.40. The molecule has 0 spiro atoms. The number of amides is 1. The van der Waals surface area contributed by atoms with Gasteiger partial charge in [0.2, 0.25) is 5.91 Å². The van der Waals surface area contributed by atoms with Crippen molar-refractivity contribution in [2.75, 3.05) is 24.6 Å². The lowest BCUT2D eigenvalue weighted by Gasteiger charge is -2.35. The Labute approximate surface area is 164 Å². The molecule has 3 fully saturated rings. The van der Waals surface area contributed by atoms with Crippen molar-refractivity contribution in [1.29, 1.82) is 0 Å². The smallest absolute Gasteiger partial charge is 0.225 e. The van der Waals surface area contributed by atoms with Crippen LogP contribution in [0.3, 0.4) is 0 Å². The Morgan fingerprint density at radius 2 is 1.68 bits per heavy atom. The Bertz CT molecular complexity index is 814. The molecule has 28 heavy (non-hydrogen) atoms. The number of hydrogen-bond donors (Lipinski definition) is 1. The number of sulfone groups is 1. The highest BCUT2D eigenvalue weighted by Gasteiger charge is 2.45. The van der Waals surface area contributed by atoms with Crippen LogP contribution in [0, 0.1) is 23.6 Å². The van der Waals surface area contributed by atoms with Crippen LogP contribution >= 0.6 is 0 Å². The first kappa shape index (κ1) is 19.6. The average molecular weight is 411 g/mol. The van der Waals surface area contributed by atoms with Gasteiger partial charge in [-0.05, 0) is 61.8 Å². The number of ether oxygens (including phenoxy) is 1. The van der Waals surface area contributed by atoms with E-state index in [1.165, 1.54) is 12.1 Å². The fraction of sp³-hybridized carbons (Fsp3) is 0.650. The van der Waals surface area contributed by atoms with E-state index < -0.39 is 15.9 Å². The number of rotatable bonds is 3. The van der Waals surface area contributed by atoms with E-state index in [-0.39, 0.29) is 47.1 Å². The van der Waals surface area contributed by atoms with Crippen molar-refractivity contribution in [3.63, 3.8) is 0 Å². The summed E-state index contributed by atoms with van der Waals surface area (Å²) in [5, 5.41) is 10.5. The van der Waals surface area contributed by atoms with Crippen molar-refractivity contribution in [3.8, 4) is 5.75 Å². The monoisotopic (exact) mass is 411 g/mol. The summed E-state index contributed by atoms with van der Waals surface area (Å²) >= 11 is 0. The van der Waals surface area contributed by atoms with Gasteiger partial charge in [-0.2, -0.15) is 0 Å². The molecular formula is C20H26FNO5S. The Morgan fingerprint density at radius 3 is 2.32 bits per heavy atom. The third-order valence-corrected chi connectivity index (χ3v) is 8.12. The highest BCUT2D eigenvalue weighted by atomic mass is 32.2. The van der Waals surface area contributed by atoms with Crippen molar-refractivity contribution in [2.45, 2.75) is 37.9 Å². The molecule has 4 atom stereocenters. The van der Waals surface area contributed by atoms with Gasteiger partial charge in [0.15, 0.2) is 0 Å². The summed E-state index contributed by atoms with van der Waals surface area (Å²) in [5.41, 5.74) is 0. The second-order valence-corrected chi connectivity index (χ2v) is 10.6. The van der Waals surface area contributed by atoms with Gasteiger partial charge in [-0.15, -0.1) is 0 Å². The Morgan fingerprint density at radius 1 is 1.07 bits per heavy atom. The van der Waals surface area contributed by atoms with Crippen LogP contribution in [0.2, 0.25) is 0 Å². The number of fused-ring (bicyclic) bond motifs is 1. The summed E-state index contributed by atoms with van der Waals surface area (Å²) < 4.78 is 42.1. The van der Waals surface area contributed by atoms with E-state index in [0.29, 0.717) is 44.5 Å². The van der Waals surface area contributed by atoms with E-state index in [0.717, 1.165) is 0 Å². The number of halogens is 1. The Hall–Kier alpha value is -1.67. The standard InChI is InChI=1S/C20H26FNO5S/c21-16-1-3-17(4-2-16)27-19-10-15-12-22(11-14(15)9-18(19)23)20(24)13-5-7-28(25,26)8-6-13/h1-4,13-15,18-19,23H,5-12H2/t14-,15+,18+,19+/m0/s1. The first-order valence-corrected chi connectivity index (χ1v) is 11.7. The fourth-order valence-electron chi connectivity index (χ4n) is 4.78. The average Bonchev–Trinajstić information content (AvgIpc) is 3.06. The molecule has 4 rings (SSSR count). The highest BCUT2D eigenvalue weighted by Crippen LogP contribution is 2.39. The lowest BCUT2D eigenvalue weighted by atomic mass is 9.78. The van der Waals surface area contributed by atoms with Crippen LogP contribution < -0.4 is 4.74 Å². The van der Waals surface area contributed by atoms with E-state index in [9.17, 15) is 22.7 Å². The van der Waals surface area contributed by atoms with Crippen LogP contribution in [0.5, 0.6) is 5.75 Å². The summed E-state index contributed by atoms with van der Waals surface area (Å²) in [6, 6.07) is 5.76. The van der Waals surface area contributed by atoms with Crippen LogP contribution in [0.4, 0.5) is 4.39 Å². The van der Waals surface area contributed by atoms with Crippen molar-refractivity contribution in [3.05, 3.63) is 30.1 Å². The van der Waals surface area contributed by atoms with Crippen LogP contribution in [-0.2, 0) is 14.6 Å². The van der Waals surface area contributed by atoms with Crippen LogP contribution in [-0.4, -0.2) is 61.1 Å². The molecule has 3 aliphatic rings. The first-order valence-electron chi connectivity index (χ1n) is 9.90. The predicted molar refractivity (Wildman–Crippen MR) is 101 cm³/mol. The number of likely N-dealkylation sites (tertiary alicyclic amines) is 1. The van der Waals surface area contributed by atoms with E-state index in [1.807, 2.05) is 4.90 Å². The number of carbonyl (C=O) groups excluding carboxylic acids is 1. The molecule has 2 heterocycles. The largest absolute Gasteiger partial charge is 0.488 e. The summed E-state index contributed by atoms with van der Waals surface area (Å²) in [7, 11) is -2.98. The van der Waals surface area contributed by atoms with Gasteiger partial charge >= 0.3 is 0 Å². The molecule has 2 saturated heterocycles. The Kier molecular flexibility index (Phi) is 5.35. The maximum absolute atomic E-state index is 13.1. The quantitative estimate of drug-likeness (QED) is 0.817. The van der Waals surface area contributed by atoms with Crippen molar-refractivity contribution in [1.82, 2.24) is 4.90 Å². The molecule has 1 aliphatic carbocycles. The van der Waals surface area contributed by atoms with E-state index in [1.54, 1.807) is 12.1 Å². The van der Waals surface area contributed by atoms with Gasteiger partial charge in [-0.25, -0.2) is 12.8 Å². The van der Waals surface area contributed by atoms with Crippen LogP contribution in [0.1, 0.15) is 25.7 Å². The minimum atomic E-state index is -2.98. The SMILES string of the molecule is O=C(C1CCS(=O)(=O)CC1)N1C[C@H]2C[C@@H](Oc3ccc(F)cc3)[C@H](O)C[C@H]2C1. The highest BCUT2D eigenvalue weighted by molar-refractivity contribution is 7.91.